The Labute approximate surface area is 145 Å². The average molecular weight is 330 g/mol. The Hall–Kier alpha value is -3.15. The molecular weight excluding hydrogens is 312 g/mol. The van der Waals surface area contributed by atoms with Crippen LogP contribution >= 0.6 is 0 Å². The van der Waals surface area contributed by atoms with E-state index in [4.69, 9.17) is 5.10 Å². The summed E-state index contributed by atoms with van der Waals surface area (Å²) in [4.78, 5) is 4.79. The van der Waals surface area contributed by atoms with Gasteiger partial charge in [0, 0.05) is 42.6 Å². The van der Waals surface area contributed by atoms with E-state index >= 15 is 0 Å². The van der Waals surface area contributed by atoms with E-state index in [9.17, 15) is 0 Å². The van der Waals surface area contributed by atoms with E-state index in [1.165, 1.54) is 5.69 Å². The van der Waals surface area contributed by atoms with Crippen LogP contribution in [0.1, 0.15) is 0 Å². The maximum atomic E-state index is 4.78. The van der Waals surface area contributed by atoms with Crippen LogP contribution in [-0.4, -0.2) is 46.0 Å². The first-order valence-electron chi connectivity index (χ1n) is 8.54. The number of hydrogen-bond acceptors (Lipinski definition) is 5. The second kappa shape index (κ2) is 5.73. The molecule has 0 amide bonds. The van der Waals surface area contributed by atoms with Gasteiger partial charge in [0.1, 0.15) is 6.33 Å². The van der Waals surface area contributed by atoms with Gasteiger partial charge >= 0.3 is 0 Å². The third-order valence-corrected chi connectivity index (χ3v) is 4.84. The molecule has 1 aliphatic rings. The first kappa shape index (κ1) is 14.2. The van der Waals surface area contributed by atoms with E-state index in [0.717, 1.165) is 48.4 Å². The topological polar surface area (TPSA) is 49.6 Å². The van der Waals surface area contributed by atoms with Crippen LogP contribution in [0.25, 0.3) is 16.4 Å². The Kier molecular flexibility index (Phi) is 3.26. The van der Waals surface area contributed by atoms with Gasteiger partial charge in [-0.1, -0.05) is 42.5 Å². The zero-order valence-corrected chi connectivity index (χ0v) is 13.8. The lowest BCUT2D eigenvalue weighted by molar-refractivity contribution is 0.644. The van der Waals surface area contributed by atoms with Crippen LogP contribution in [0, 0.1) is 0 Å². The van der Waals surface area contributed by atoms with Crippen LogP contribution in [0.2, 0.25) is 0 Å². The molecule has 0 N–H and O–H groups in total. The highest BCUT2D eigenvalue weighted by Gasteiger charge is 2.21. The maximum absolute atomic E-state index is 4.78. The summed E-state index contributed by atoms with van der Waals surface area (Å²) in [6.45, 7) is 3.86. The van der Waals surface area contributed by atoms with Crippen molar-refractivity contribution in [2.24, 2.45) is 0 Å². The standard InChI is InChI=1S/C19H18N6/c1-2-6-15(7-3-1)23-10-12-24(13-11-23)19-17-9-5-4-8-16(17)18-21-20-14-25(18)22-19/h1-9,14H,10-13H2. The predicted molar refractivity (Wildman–Crippen MR) is 99.2 cm³/mol. The molecule has 1 fully saturated rings. The zero-order chi connectivity index (χ0) is 16.6. The van der Waals surface area contributed by atoms with Crippen molar-refractivity contribution in [1.82, 2.24) is 19.8 Å². The average Bonchev–Trinajstić information content (AvgIpc) is 3.17. The molecule has 0 spiro atoms. The number of benzene rings is 2. The largest absolute Gasteiger partial charge is 0.368 e. The first-order chi connectivity index (χ1) is 12.4. The fraction of sp³-hybridized carbons (Fsp3) is 0.211. The van der Waals surface area contributed by atoms with Crippen molar-refractivity contribution in [3.63, 3.8) is 0 Å². The molecule has 25 heavy (non-hydrogen) atoms. The Balaban J connectivity index is 1.49. The van der Waals surface area contributed by atoms with Gasteiger partial charge < -0.3 is 9.80 Å². The van der Waals surface area contributed by atoms with Gasteiger partial charge in [-0.05, 0) is 12.1 Å². The summed E-state index contributed by atoms with van der Waals surface area (Å²) in [5, 5.41) is 15.2. The number of rotatable bonds is 2. The summed E-state index contributed by atoms with van der Waals surface area (Å²) in [6.07, 6.45) is 1.67. The van der Waals surface area contributed by atoms with Crippen LogP contribution in [0.4, 0.5) is 11.5 Å². The van der Waals surface area contributed by atoms with Crippen LogP contribution in [0.5, 0.6) is 0 Å². The van der Waals surface area contributed by atoms with E-state index in [0.29, 0.717) is 0 Å². The minimum Gasteiger partial charge on any atom is -0.368 e. The Morgan fingerprint density at radius 1 is 0.720 bits per heavy atom. The van der Waals surface area contributed by atoms with Crippen molar-refractivity contribution >= 4 is 27.9 Å². The highest BCUT2D eigenvalue weighted by atomic mass is 15.4. The van der Waals surface area contributed by atoms with Gasteiger partial charge in [0.05, 0.1) is 0 Å². The molecule has 0 radical (unpaired) electrons. The molecule has 1 saturated heterocycles. The minimum absolute atomic E-state index is 0.808. The molecule has 0 atom stereocenters. The van der Waals surface area contributed by atoms with Gasteiger partial charge in [-0.3, -0.25) is 0 Å². The number of aromatic nitrogens is 4. The van der Waals surface area contributed by atoms with Crippen molar-refractivity contribution in [1.29, 1.82) is 0 Å². The smallest absolute Gasteiger partial charge is 0.185 e. The molecule has 124 valence electrons. The third-order valence-electron chi connectivity index (χ3n) is 4.84. The van der Waals surface area contributed by atoms with Gasteiger partial charge in [0.2, 0.25) is 0 Å². The molecule has 0 bridgehead atoms. The van der Waals surface area contributed by atoms with Crippen LogP contribution in [0.3, 0.4) is 0 Å². The minimum atomic E-state index is 0.808. The molecule has 2 aromatic heterocycles. The molecule has 6 nitrogen and oxygen atoms in total. The highest BCUT2D eigenvalue weighted by Crippen LogP contribution is 2.28. The second-order valence-corrected chi connectivity index (χ2v) is 6.28. The van der Waals surface area contributed by atoms with Crippen molar-refractivity contribution < 1.29 is 0 Å². The van der Waals surface area contributed by atoms with Crippen LogP contribution in [-0.2, 0) is 0 Å². The fourth-order valence-corrected chi connectivity index (χ4v) is 3.56. The number of fused-ring (bicyclic) bond motifs is 3. The number of anilines is 2. The van der Waals surface area contributed by atoms with E-state index < -0.39 is 0 Å². The molecule has 4 aromatic rings. The monoisotopic (exact) mass is 330 g/mol. The molecule has 3 heterocycles. The zero-order valence-electron chi connectivity index (χ0n) is 13.8. The lowest BCUT2D eigenvalue weighted by atomic mass is 10.1. The molecule has 0 unspecified atom stereocenters. The summed E-state index contributed by atoms with van der Waals surface area (Å²) in [7, 11) is 0. The normalized spacial score (nSPS) is 15.2. The van der Waals surface area contributed by atoms with E-state index in [1.54, 1.807) is 10.8 Å². The van der Waals surface area contributed by atoms with Gasteiger partial charge in [0.25, 0.3) is 0 Å². The first-order valence-corrected chi connectivity index (χ1v) is 8.54. The quantitative estimate of drug-likeness (QED) is 0.565. The predicted octanol–water partition coefficient (Wildman–Crippen LogP) is 2.60. The molecule has 1 aliphatic heterocycles. The summed E-state index contributed by atoms with van der Waals surface area (Å²) >= 11 is 0. The summed E-state index contributed by atoms with van der Waals surface area (Å²) in [5.74, 6) is 1.01. The second-order valence-electron chi connectivity index (χ2n) is 6.28. The van der Waals surface area contributed by atoms with E-state index in [-0.39, 0.29) is 0 Å². The van der Waals surface area contributed by atoms with Crippen molar-refractivity contribution in [2.75, 3.05) is 36.0 Å². The number of piperazine rings is 1. The van der Waals surface area contributed by atoms with Gasteiger partial charge in [0.15, 0.2) is 11.5 Å². The van der Waals surface area contributed by atoms with Gasteiger partial charge in [-0.15, -0.1) is 15.3 Å². The number of para-hydroxylation sites is 1. The molecule has 6 heteroatoms. The third kappa shape index (κ3) is 2.38. The van der Waals surface area contributed by atoms with Crippen molar-refractivity contribution in [3.8, 4) is 0 Å². The lowest BCUT2D eigenvalue weighted by Crippen LogP contribution is -2.47. The Bertz CT molecular complexity index is 1020. The lowest BCUT2D eigenvalue weighted by Gasteiger charge is -2.37. The summed E-state index contributed by atoms with van der Waals surface area (Å²) in [5.41, 5.74) is 2.09. The SMILES string of the molecule is c1ccc(N2CCN(c3nn4cnnc4c4ccccc34)CC2)cc1. The van der Waals surface area contributed by atoms with Crippen LogP contribution in [0.15, 0.2) is 60.9 Å². The van der Waals surface area contributed by atoms with E-state index in [1.807, 2.05) is 6.07 Å². The highest BCUT2D eigenvalue weighted by molar-refractivity contribution is 6.00. The van der Waals surface area contributed by atoms with Gasteiger partial charge in [-0.25, -0.2) is 0 Å². The fourth-order valence-electron chi connectivity index (χ4n) is 3.56. The Morgan fingerprint density at radius 2 is 1.40 bits per heavy atom. The Morgan fingerprint density at radius 3 is 2.20 bits per heavy atom. The maximum Gasteiger partial charge on any atom is 0.185 e. The van der Waals surface area contributed by atoms with Gasteiger partial charge in [-0.2, -0.15) is 4.52 Å². The summed E-state index contributed by atoms with van der Waals surface area (Å²) < 4.78 is 1.78. The molecule has 2 aromatic carbocycles. The molecule has 0 aliphatic carbocycles. The summed E-state index contributed by atoms with van der Waals surface area (Å²) in [6, 6.07) is 18.9. The number of hydrogen-bond donors (Lipinski definition) is 0. The molecule has 5 rings (SSSR count). The van der Waals surface area contributed by atoms with E-state index in [2.05, 4.69) is 68.5 Å². The van der Waals surface area contributed by atoms with Crippen molar-refractivity contribution in [2.45, 2.75) is 0 Å². The number of nitrogens with zero attached hydrogens (tertiary/aromatic N) is 6. The van der Waals surface area contributed by atoms with Crippen molar-refractivity contribution in [3.05, 3.63) is 60.9 Å². The molecular formula is C19H18N6. The van der Waals surface area contributed by atoms with Crippen LogP contribution < -0.4 is 9.80 Å². The molecule has 0 saturated carbocycles.